The van der Waals surface area contributed by atoms with Crippen LogP contribution in [0.5, 0.6) is 0 Å². The van der Waals surface area contributed by atoms with Gasteiger partial charge in [-0.1, -0.05) is 42.5 Å². The molecule has 3 aromatic rings. The fourth-order valence-electron chi connectivity index (χ4n) is 2.58. The number of carbonyl (C=O) groups excluding carboxylic acids is 2. The summed E-state index contributed by atoms with van der Waals surface area (Å²) in [6.07, 6.45) is 0.791. The van der Waals surface area contributed by atoms with Gasteiger partial charge in [-0.2, -0.15) is 0 Å². The van der Waals surface area contributed by atoms with Crippen LogP contribution in [0.2, 0.25) is 0 Å². The fourth-order valence-corrected chi connectivity index (χ4v) is 2.58. The molecule has 0 atom stereocenters. The number of rotatable bonds is 3. The largest absolute Gasteiger partial charge is 0.398 e. The lowest BCUT2D eigenvalue weighted by molar-refractivity contribution is 0.101. The number of nitrogen functional groups attached to an aromatic ring is 1. The van der Waals surface area contributed by atoms with Crippen molar-refractivity contribution >= 4 is 28.5 Å². The van der Waals surface area contributed by atoms with Crippen molar-refractivity contribution in [1.82, 2.24) is 0 Å². The average Bonchev–Trinajstić information content (AvgIpc) is 2.54. The summed E-state index contributed by atoms with van der Waals surface area (Å²) in [5.74, 6) is 0.0520. The Balaban J connectivity index is 2.11. The lowest BCUT2D eigenvalue weighted by Crippen LogP contribution is -1.94. The van der Waals surface area contributed by atoms with Crippen LogP contribution in [0.4, 0.5) is 5.69 Å². The summed E-state index contributed by atoms with van der Waals surface area (Å²) in [5, 5.41) is 1.81. The number of nitrogens with two attached hydrogens (primary N) is 1. The van der Waals surface area contributed by atoms with Crippen LogP contribution in [0.3, 0.4) is 0 Å². The monoisotopic (exact) mass is 289 g/mol. The summed E-state index contributed by atoms with van der Waals surface area (Å²) in [4.78, 5) is 22.5. The average molecular weight is 289 g/mol. The van der Waals surface area contributed by atoms with E-state index in [-0.39, 0.29) is 5.78 Å². The number of hydrogen-bond donors (Lipinski definition) is 1. The molecular weight excluding hydrogens is 274 g/mol. The van der Waals surface area contributed by atoms with Crippen LogP contribution in [0.25, 0.3) is 21.9 Å². The van der Waals surface area contributed by atoms with Crippen LogP contribution in [-0.2, 0) is 0 Å². The lowest BCUT2D eigenvalue weighted by atomic mass is 9.97. The minimum Gasteiger partial charge on any atom is -0.398 e. The van der Waals surface area contributed by atoms with E-state index >= 15 is 0 Å². The zero-order valence-corrected chi connectivity index (χ0v) is 12.2. The van der Waals surface area contributed by atoms with E-state index < -0.39 is 0 Å². The van der Waals surface area contributed by atoms with Gasteiger partial charge in [0.2, 0.25) is 0 Å². The SMILES string of the molecule is CC(=O)c1ccc(-c2ccc3c(C=O)c(N)ccc3c2)cc1. The van der Waals surface area contributed by atoms with Crippen molar-refractivity contribution in [3.63, 3.8) is 0 Å². The summed E-state index contributed by atoms with van der Waals surface area (Å²) < 4.78 is 0. The first kappa shape index (κ1) is 14.0. The van der Waals surface area contributed by atoms with E-state index in [1.54, 1.807) is 13.0 Å². The second-order valence-electron chi connectivity index (χ2n) is 5.26. The Hall–Kier alpha value is -2.94. The minimum atomic E-state index is 0.0520. The van der Waals surface area contributed by atoms with Crippen molar-refractivity contribution in [2.75, 3.05) is 5.73 Å². The highest BCUT2D eigenvalue weighted by Crippen LogP contribution is 2.28. The summed E-state index contributed by atoms with van der Waals surface area (Å²) in [5.41, 5.74) is 9.59. The Labute approximate surface area is 128 Å². The third kappa shape index (κ3) is 2.37. The summed E-state index contributed by atoms with van der Waals surface area (Å²) in [6, 6.07) is 17.0. The first-order valence-corrected chi connectivity index (χ1v) is 6.99. The first-order valence-electron chi connectivity index (χ1n) is 6.99. The van der Waals surface area contributed by atoms with E-state index in [2.05, 4.69) is 0 Å². The molecule has 0 aliphatic heterocycles. The van der Waals surface area contributed by atoms with Gasteiger partial charge < -0.3 is 5.73 Å². The molecule has 108 valence electrons. The Morgan fingerprint density at radius 3 is 2.27 bits per heavy atom. The molecule has 0 spiro atoms. The first-order chi connectivity index (χ1) is 10.6. The zero-order valence-electron chi connectivity index (χ0n) is 12.2. The maximum atomic E-state index is 11.3. The molecule has 0 aliphatic rings. The van der Waals surface area contributed by atoms with Gasteiger partial charge in [-0.15, -0.1) is 0 Å². The number of fused-ring (bicyclic) bond motifs is 1. The van der Waals surface area contributed by atoms with Crippen LogP contribution >= 0.6 is 0 Å². The van der Waals surface area contributed by atoms with Crippen molar-refractivity contribution in [1.29, 1.82) is 0 Å². The van der Waals surface area contributed by atoms with E-state index in [0.29, 0.717) is 16.8 Å². The van der Waals surface area contributed by atoms with Crippen LogP contribution in [0.15, 0.2) is 54.6 Å². The molecule has 0 aliphatic carbocycles. The van der Waals surface area contributed by atoms with Crippen LogP contribution < -0.4 is 5.73 Å². The van der Waals surface area contributed by atoms with Gasteiger partial charge in [0.15, 0.2) is 12.1 Å². The molecule has 0 aromatic heterocycles. The molecule has 22 heavy (non-hydrogen) atoms. The molecule has 0 heterocycles. The molecule has 3 rings (SSSR count). The van der Waals surface area contributed by atoms with Gasteiger partial charge in [-0.3, -0.25) is 9.59 Å². The highest BCUT2D eigenvalue weighted by molar-refractivity contribution is 6.04. The molecule has 0 fully saturated rings. The number of carbonyl (C=O) groups is 2. The van der Waals surface area contributed by atoms with E-state index in [9.17, 15) is 9.59 Å². The number of anilines is 1. The quantitative estimate of drug-likeness (QED) is 0.448. The maximum Gasteiger partial charge on any atom is 0.159 e. The number of ketones is 1. The van der Waals surface area contributed by atoms with E-state index in [1.807, 2.05) is 48.5 Å². The normalized spacial score (nSPS) is 10.6. The standard InChI is InChI=1S/C19H15NO2/c1-12(22)13-2-4-14(5-3-13)15-6-8-17-16(10-15)7-9-19(20)18(17)11-21/h2-11H,20H2,1H3. The number of hydrogen-bond acceptors (Lipinski definition) is 3. The van der Waals surface area contributed by atoms with Gasteiger partial charge in [0.25, 0.3) is 0 Å². The number of benzene rings is 3. The molecule has 3 nitrogen and oxygen atoms in total. The van der Waals surface area contributed by atoms with Gasteiger partial charge in [-0.05, 0) is 41.0 Å². The number of aldehydes is 1. The van der Waals surface area contributed by atoms with Crippen LogP contribution in [-0.4, -0.2) is 12.1 Å². The predicted molar refractivity (Wildman–Crippen MR) is 89.2 cm³/mol. The molecule has 0 bridgehead atoms. The number of Topliss-reactive ketones (excluding diaryl/α,β-unsaturated/α-hetero) is 1. The molecule has 2 N–H and O–H groups in total. The highest BCUT2D eigenvalue weighted by Gasteiger charge is 2.07. The molecule has 0 saturated carbocycles. The van der Waals surface area contributed by atoms with Gasteiger partial charge in [0.1, 0.15) is 0 Å². The summed E-state index contributed by atoms with van der Waals surface area (Å²) in [7, 11) is 0. The van der Waals surface area contributed by atoms with Crippen LogP contribution in [0, 0.1) is 0 Å². The Kier molecular flexibility index (Phi) is 3.47. The van der Waals surface area contributed by atoms with E-state index in [0.717, 1.165) is 28.2 Å². The Bertz CT molecular complexity index is 880. The third-order valence-corrected chi connectivity index (χ3v) is 3.84. The molecule has 0 amide bonds. The Morgan fingerprint density at radius 2 is 1.64 bits per heavy atom. The van der Waals surface area contributed by atoms with Crippen molar-refractivity contribution < 1.29 is 9.59 Å². The molecular formula is C19H15NO2. The van der Waals surface area contributed by atoms with Crippen LogP contribution in [0.1, 0.15) is 27.6 Å². The molecule has 0 unspecified atom stereocenters. The molecule has 0 saturated heterocycles. The lowest BCUT2D eigenvalue weighted by Gasteiger charge is -2.08. The highest BCUT2D eigenvalue weighted by atomic mass is 16.1. The van der Waals surface area contributed by atoms with Gasteiger partial charge in [0.05, 0.1) is 0 Å². The zero-order chi connectivity index (χ0) is 15.7. The molecule has 3 heteroatoms. The van der Waals surface area contributed by atoms with Crippen molar-refractivity contribution in [2.24, 2.45) is 0 Å². The topological polar surface area (TPSA) is 60.2 Å². The Morgan fingerprint density at radius 1 is 0.955 bits per heavy atom. The minimum absolute atomic E-state index is 0.0520. The van der Waals surface area contributed by atoms with Crippen molar-refractivity contribution in [2.45, 2.75) is 6.92 Å². The fraction of sp³-hybridized carbons (Fsp3) is 0.0526. The summed E-state index contributed by atoms with van der Waals surface area (Å²) >= 11 is 0. The second-order valence-corrected chi connectivity index (χ2v) is 5.26. The summed E-state index contributed by atoms with van der Waals surface area (Å²) in [6.45, 7) is 1.55. The maximum absolute atomic E-state index is 11.3. The second kappa shape index (κ2) is 5.45. The van der Waals surface area contributed by atoms with E-state index in [4.69, 9.17) is 5.73 Å². The molecule has 3 aromatic carbocycles. The van der Waals surface area contributed by atoms with Crippen molar-refractivity contribution in [3.05, 3.63) is 65.7 Å². The predicted octanol–water partition coefficient (Wildman–Crippen LogP) is 4.10. The van der Waals surface area contributed by atoms with Gasteiger partial charge in [-0.25, -0.2) is 0 Å². The van der Waals surface area contributed by atoms with Gasteiger partial charge >= 0.3 is 0 Å². The third-order valence-electron chi connectivity index (χ3n) is 3.84. The van der Waals surface area contributed by atoms with Gasteiger partial charge in [0, 0.05) is 16.8 Å². The van der Waals surface area contributed by atoms with Crippen molar-refractivity contribution in [3.8, 4) is 11.1 Å². The smallest absolute Gasteiger partial charge is 0.159 e. The molecule has 0 radical (unpaired) electrons. The van der Waals surface area contributed by atoms with E-state index in [1.165, 1.54) is 0 Å².